The second-order valence-electron chi connectivity index (χ2n) is 8.11. The molecule has 0 fully saturated rings. The van der Waals surface area contributed by atoms with Crippen molar-refractivity contribution >= 4 is 22.9 Å². The lowest BCUT2D eigenvalue weighted by atomic mass is 9.94. The second-order valence-corrected chi connectivity index (χ2v) is 8.50. The summed E-state index contributed by atoms with van der Waals surface area (Å²) in [4.78, 5) is 6.73. The van der Waals surface area contributed by atoms with Gasteiger partial charge in [-0.3, -0.25) is 0 Å². The average molecular weight is 481 g/mol. The molecule has 2 aromatic carbocycles. The summed E-state index contributed by atoms with van der Waals surface area (Å²) in [5.74, 6) is 0.571. The molecule has 1 atom stereocenters. The van der Waals surface area contributed by atoms with Crippen molar-refractivity contribution in [3.8, 4) is 11.4 Å². The summed E-state index contributed by atoms with van der Waals surface area (Å²) in [5, 5.41) is 8.16. The van der Waals surface area contributed by atoms with Gasteiger partial charge in [0.2, 0.25) is 5.82 Å². The van der Waals surface area contributed by atoms with E-state index < -0.39 is 6.04 Å². The highest BCUT2D eigenvalue weighted by Gasteiger charge is 2.34. The molecule has 4 rings (SSSR count). The quantitative estimate of drug-likeness (QED) is 0.319. The fourth-order valence-corrected chi connectivity index (χ4v) is 4.42. The first-order chi connectivity index (χ1) is 16.5. The van der Waals surface area contributed by atoms with Crippen molar-refractivity contribution in [2.45, 2.75) is 39.7 Å². The third-order valence-corrected chi connectivity index (χ3v) is 6.27. The number of thiocarbonyl (C=S) groups is 1. The van der Waals surface area contributed by atoms with Crippen LogP contribution in [0.25, 0.3) is 17.0 Å². The van der Waals surface area contributed by atoms with Crippen LogP contribution in [0.15, 0.2) is 58.8 Å². The Morgan fingerprint density at radius 1 is 1.18 bits per heavy atom. The van der Waals surface area contributed by atoms with Gasteiger partial charge in [-0.15, -0.1) is 0 Å². The number of nitrogens with zero attached hydrogens (tertiary/aromatic N) is 3. The normalized spacial score (nSPS) is 16.2. The number of benzene rings is 2. The molecular formula is C26H29FN4O2S. The van der Waals surface area contributed by atoms with Crippen molar-refractivity contribution in [1.29, 1.82) is 0 Å². The van der Waals surface area contributed by atoms with Crippen LogP contribution in [0, 0.1) is 5.82 Å². The number of hydrogen-bond donors (Lipinski definition) is 1. The molecule has 0 saturated heterocycles. The van der Waals surface area contributed by atoms with Crippen molar-refractivity contribution in [1.82, 2.24) is 20.4 Å². The Labute approximate surface area is 204 Å². The number of aromatic nitrogens is 2. The van der Waals surface area contributed by atoms with E-state index in [1.54, 1.807) is 6.07 Å². The van der Waals surface area contributed by atoms with Crippen LogP contribution in [-0.4, -0.2) is 39.9 Å². The molecule has 0 saturated carbocycles. The van der Waals surface area contributed by atoms with Gasteiger partial charge in [0, 0.05) is 31.0 Å². The summed E-state index contributed by atoms with van der Waals surface area (Å²) < 4.78 is 25.3. The molecule has 1 N–H and O–H groups in total. The molecule has 2 heterocycles. The number of hydrogen-bond acceptors (Lipinski definition) is 5. The van der Waals surface area contributed by atoms with Crippen molar-refractivity contribution < 1.29 is 13.7 Å². The molecule has 178 valence electrons. The van der Waals surface area contributed by atoms with Gasteiger partial charge in [0.1, 0.15) is 5.82 Å². The first-order valence-electron chi connectivity index (χ1n) is 11.6. The first kappa shape index (κ1) is 24.0. The summed E-state index contributed by atoms with van der Waals surface area (Å²) in [5.41, 5.74) is 4.52. The van der Waals surface area contributed by atoms with E-state index >= 15 is 0 Å². The van der Waals surface area contributed by atoms with Crippen LogP contribution in [0.4, 0.5) is 4.39 Å². The van der Waals surface area contributed by atoms with Crippen LogP contribution in [0.3, 0.4) is 0 Å². The zero-order valence-electron chi connectivity index (χ0n) is 19.7. The lowest BCUT2D eigenvalue weighted by Crippen LogP contribution is -2.46. The van der Waals surface area contributed by atoms with Gasteiger partial charge in [-0.2, -0.15) is 4.98 Å². The number of aryl methyl sites for hydroxylation is 1. The largest absolute Gasteiger partial charge is 0.382 e. The van der Waals surface area contributed by atoms with E-state index in [0.29, 0.717) is 36.6 Å². The fraction of sp³-hybridized carbons (Fsp3) is 0.346. The Kier molecular flexibility index (Phi) is 7.70. The third-order valence-electron chi connectivity index (χ3n) is 5.93. The lowest BCUT2D eigenvalue weighted by Gasteiger charge is -2.37. The highest BCUT2D eigenvalue weighted by atomic mass is 32.1. The van der Waals surface area contributed by atoms with Gasteiger partial charge in [-0.05, 0) is 62.2 Å². The zero-order chi connectivity index (χ0) is 24.1. The monoisotopic (exact) mass is 480 g/mol. The van der Waals surface area contributed by atoms with E-state index in [4.69, 9.17) is 26.5 Å². The van der Waals surface area contributed by atoms with Crippen molar-refractivity contribution in [3.63, 3.8) is 0 Å². The van der Waals surface area contributed by atoms with Gasteiger partial charge in [0.15, 0.2) is 5.11 Å². The van der Waals surface area contributed by atoms with Gasteiger partial charge in [0.05, 0.1) is 11.6 Å². The number of allylic oxidation sites excluding steroid dienone is 1. The molecule has 0 amide bonds. The average Bonchev–Trinajstić information content (AvgIpc) is 3.33. The van der Waals surface area contributed by atoms with Gasteiger partial charge in [-0.25, -0.2) is 4.39 Å². The van der Waals surface area contributed by atoms with Crippen molar-refractivity contribution in [2.24, 2.45) is 0 Å². The van der Waals surface area contributed by atoms with Gasteiger partial charge in [-0.1, -0.05) is 48.5 Å². The Morgan fingerprint density at radius 2 is 1.97 bits per heavy atom. The first-order valence-corrected chi connectivity index (χ1v) is 12.0. The summed E-state index contributed by atoms with van der Waals surface area (Å²) in [6, 6.07) is 14.2. The Morgan fingerprint density at radius 3 is 2.68 bits per heavy atom. The number of nitrogens with one attached hydrogen (secondary N) is 1. The molecule has 0 spiro atoms. The van der Waals surface area contributed by atoms with Crippen molar-refractivity contribution in [3.05, 3.63) is 77.1 Å². The summed E-state index contributed by atoms with van der Waals surface area (Å²) in [6.45, 7) is 8.07. The van der Waals surface area contributed by atoms with Crippen LogP contribution in [0.1, 0.15) is 50.3 Å². The molecule has 0 bridgehead atoms. The third kappa shape index (κ3) is 5.18. The minimum atomic E-state index is -0.415. The van der Waals surface area contributed by atoms with Crippen LogP contribution in [0.2, 0.25) is 0 Å². The van der Waals surface area contributed by atoms with Crippen LogP contribution < -0.4 is 5.32 Å². The highest BCUT2D eigenvalue weighted by Crippen LogP contribution is 2.37. The van der Waals surface area contributed by atoms with E-state index in [-0.39, 0.29) is 5.82 Å². The minimum absolute atomic E-state index is 0.316. The van der Waals surface area contributed by atoms with Gasteiger partial charge >= 0.3 is 0 Å². The van der Waals surface area contributed by atoms with Gasteiger partial charge in [0.25, 0.3) is 5.89 Å². The van der Waals surface area contributed by atoms with E-state index in [0.717, 1.165) is 35.2 Å². The maximum absolute atomic E-state index is 14.1. The molecular weight excluding hydrogens is 451 g/mol. The molecule has 34 heavy (non-hydrogen) atoms. The number of ether oxygens (including phenoxy) is 1. The Bertz CT molecular complexity index is 1180. The Hall–Kier alpha value is -3.10. The number of halogens is 1. The standard InChI is InChI=1S/C26H29FN4O2S/c1-4-18-10-12-19(13-11-18)24-29-25(33-30-24)22-17(3)31(14-7-15-32-5-2)26(34)28-23(22)20-8-6-9-21(27)16-20/h6,8-13,16,23H,4-5,7,14-15H2,1-3H3,(H,28,34). The molecule has 1 unspecified atom stereocenters. The maximum atomic E-state index is 14.1. The smallest absolute Gasteiger partial charge is 0.258 e. The van der Waals surface area contributed by atoms with Crippen molar-refractivity contribution in [2.75, 3.05) is 19.8 Å². The van der Waals surface area contributed by atoms with E-state index in [2.05, 4.69) is 29.5 Å². The molecule has 1 aromatic heterocycles. The summed E-state index contributed by atoms with van der Waals surface area (Å²) in [7, 11) is 0. The maximum Gasteiger partial charge on any atom is 0.258 e. The molecule has 6 nitrogen and oxygen atoms in total. The summed E-state index contributed by atoms with van der Waals surface area (Å²) >= 11 is 5.68. The van der Waals surface area contributed by atoms with E-state index in [1.165, 1.54) is 17.7 Å². The van der Waals surface area contributed by atoms with Crippen LogP contribution in [0.5, 0.6) is 0 Å². The number of rotatable bonds is 9. The topological polar surface area (TPSA) is 63.4 Å². The molecule has 3 aromatic rings. The predicted octanol–water partition coefficient (Wildman–Crippen LogP) is 5.53. The molecule has 0 aliphatic carbocycles. The van der Waals surface area contributed by atoms with E-state index in [1.807, 2.05) is 36.9 Å². The highest BCUT2D eigenvalue weighted by molar-refractivity contribution is 7.80. The fourth-order valence-electron chi connectivity index (χ4n) is 4.07. The second kappa shape index (κ2) is 10.9. The zero-order valence-corrected chi connectivity index (χ0v) is 20.5. The molecule has 0 radical (unpaired) electrons. The van der Waals surface area contributed by atoms with E-state index in [9.17, 15) is 4.39 Å². The molecule has 8 heteroatoms. The summed E-state index contributed by atoms with van der Waals surface area (Å²) in [6.07, 6.45) is 1.77. The predicted molar refractivity (Wildman–Crippen MR) is 134 cm³/mol. The van der Waals surface area contributed by atoms with Crippen LogP contribution in [-0.2, 0) is 11.2 Å². The minimum Gasteiger partial charge on any atom is -0.382 e. The molecule has 1 aliphatic rings. The Balaban J connectivity index is 1.72. The van der Waals surface area contributed by atoms with Crippen LogP contribution >= 0.6 is 12.2 Å². The molecule has 1 aliphatic heterocycles. The van der Waals surface area contributed by atoms with Gasteiger partial charge < -0.3 is 19.5 Å². The SMILES string of the molecule is CCOCCCN1C(=S)NC(c2cccc(F)c2)C(c2nc(-c3ccc(CC)cc3)no2)=C1C. The lowest BCUT2D eigenvalue weighted by molar-refractivity contribution is 0.141.